The molecule has 0 aliphatic heterocycles. The third-order valence-corrected chi connectivity index (χ3v) is 9.12. The van der Waals surface area contributed by atoms with Gasteiger partial charge in [-0.15, -0.1) is 0 Å². The first-order valence-electron chi connectivity index (χ1n) is 17.4. The topological polar surface area (TPSA) is 132 Å². The fourth-order valence-electron chi connectivity index (χ4n) is 5.69. The standard InChI is InChI=1S/C41H42Cl2N4O6/c1-3-4-22-47-26-37(34-21-14-30(42)24-35(34)43)46-40(47)36(23-27-8-17-32(18-9-27)53-33-19-12-29(13-20-33)41(50)51)45-39(49)7-5-6-38(48)44-25-28-10-15-31(52-2)16-11-28/h8-21,24,26,36H,3-7,22-23,25H2,1-2H3,(H,44,48)(H,45,49)(H,50,51)/t36-/m0/s1. The summed E-state index contributed by atoms with van der Waals surface area (Å²) in [5.41, 5.74) is 3.46. The van der Waals surface area contributed by atoms with Crippen LogP contribution in [0.5, 0.6) is 17.2 Å². The number of hydrogen-bond donors (Lipinski definition) is 3. The number of halogens is 2. The lowest BCUT2D eigenvalue weighted by Gasteiger charge is -2.20. The summed E-state index contributed by atoms with van der Waals surface area (Å²) in [7, 11) is 1.60. The number of carboxylic acids is 1. The number of rotatable bonds is 18. The van der Waals surface area contributed by atoms with Gasteiger partial charge < -0.3 is 29.8 Å². The molecule has 0 saturated carbocycles. The Balaban J connectivity index is 1.30. The molecular weight excluding hydrogens is 715 g/mol. The van der Waals surface area contributed by atoms with Crippen LogP contribution >= 0.6 is 23.2 Å². The maximum absolute atomic E-state index is 13.5. The molecule has 4 aromatic carbocycles. The van der Waals surface area contributed by atoms with E-state index in [0.29, 0.717) is 59.0 Å². The zero-order chi connectivity index (χ0) is 37.7. The number of carbonyl (C=O) groups excluding carboxylic acids is 2. The molecule has 0 fully saturated rings. The Hall–Kier alpha value is -5.32. The second-order valence-electron chi connectivity index (χ2n) is 12.5. The van der Waals surface area contributed by atoms with Crippen LogP contribution in [0.25, 0.3) is 11.3 Å². The van der Waals surface area contributed by atoms with Crippen molar-refractivity contribution in [2.75, 3.05) is 7.11 Å². The van der Waals surface area contributed by atoms with Crippen molar-refractivity contribution in [1.29, 1.82) is 0 Å². The zero-order valence-electron chi connectivity index (χ0n) is 29.6. The fraction of sp³-hybridized carbons (Fsp3) is 0.268. The van der Waals surface area contributed by atoms with Crippen LogP contribution in [-0.2, 0) is 29.1 Å². The van der Waals surface area contributed by atoms with Gasteiger partial charge in [0.05, 0.1) is 29.4 Å². The minimum Gasteiger partial charge on any atom is -0.497 e. The summed E-state index contributed by atoms with van der Waals surface area (Å²) < 4.78 is 13.2. The number of ether oxygens (including phenoxy) is 2. The number of amides is 2. The average Bonchev–Trinajstić information content (AvgIpc) is 3.57. The van der Waals surface area contributed by atoms with Gasteiger partial charge in [0.2, 0.25) is 11.8 Å². The fourth-order valence-corrected chi connectivity index (χ4v) is 6.19. The molecule has 0 bridgehead atoms. The Kier molecular flexibility index (Phi) is 13.9. The van der Waals surface area contributed by atoms with E-state index < -0.39 is 12.0 Å². The SMILES string of the molecule is CCCCn1cc(-c2ccc(Cl)cc2Cl)nc1[C@H](Cc1ccc(Oc2ccc(C(=O)O)cc2)cc1)NC(=O)CCCC(=O)NCc1ccc(OC)cc1. The second kappa shape index (κ2) is 19.0. The second-order valence-corrected chi connectivity index (χ2v) is 13.4. The highest BCUT2D eigenvalue weighted by Gasteiger charge is 2.23. The number of methoxy groups -OCH3 is 1. The number of unbranched alkanes of at least 4 members (excludes halogenated alkanes) is 1. The molecule has 0 saturated heterocycles. The molecule has 0 aliphatic carbocycles. The molecule has 5 rings (SSSR count). The smallest absolute Gasteiger partial charge is 0.335 e. The Labute approximate surface area is 319 Å². The molecule has 2 amide bonds. The van der Waals surface area contributed by atoms with E-state index in [1.165, 1.54) is 12.1 Å². The van der Waals surface area contributed by atoms with Crippen LogP contribution in [0.2, 0.25) is 10.0 Å². The number of nitrogens with one attached hydrogen (secondary N) is 2. The Morgan fingerprint density at radius 1 is 0.830 bits per heavy atom. The normalized spacial score (nSPS) is 11.5. The summed E-state index contributed by atoms with van der Waals surface area (Å²) in [6.07, 6.45) is 5.00. The predicted octanol–water partition coefficient (Wildman–Crippen LogP) is 9.04. The van der Waals surface area contributed by atoms with Gasteiger partial charge in [-0.05, 0) is 97.1 Å². The highest BCUT2D eigenvalue weighted by atomic mass is 35.5. The summed E-state index contributed by atoms with van der Waals surface area (Å²) in [5, 5.41) is 16.3. The number of aromatic nitrogens is 2. The largest absolute Gasteiger partial charge is 0.497 e. The van der Waals surface area contributed by atoms with Crippen LogP contribution in [0.1, 0.15) is 72.4 Å². The van der Waals surface area contributed by atoms with Crippen LogP contribution in [0.3, 0.4) is 0 Å². The number of carboxylic acid groups (broad SMARTS) is 1. The molecule has 1 atom stereocenters. The summed E-state index contributed by atoms with van der Waals surface area (Å²) in [4.78, 5) is 42.3. The van der Waals surface area contributed by atoms with Gasteiger partial charge in [0, 0.05) is 42.7 Å². The minimum atomic E-state index is -1.01. The predicted molar refractivity (Wildman–Crippen MR) is 206 cm³/mol. The van der Waals surface area contributed by atoms with Gasteiger partial charge in [-0.2, -0.15) is 0 Å². The highest BCUT2D eigenvalue weighted by Crippen LogP contribution is 2.32. The monoisotopic (exact) mass is 756 g/mol. The number of nitrogens with zero attached hydrogens (tertiary/aromatic N) is 2. The van der Waals surface area contributed by atoms with Crippen molar-refractivity contribution < 1.29 is 29.0 Å². The van der Waals surface area contributed by atoms with Crippen molar-refractivity contribution >= 4 is 41.0 Å². The van der Waals surface area contributed by atoms with Crippen molar-refractivity contribution in [2.24, 2.45) is 0 Å². The molecule has 1 heterocycles. The van der Waals surface area contributed by atoms with Crippen LogP contribution in [-0.4, -0.2) is 39.6 Å². The van der Waals surface area contributed by atoms with Crippen molar-refractivity contribution in [3.63, 3.8) is 0 Å². The molecule has 0 radical (unpaired) electrons. The quantitative estimate of drug-likeness (QED) is 0.0813. The number of benzene rings is 4. The number of aromatic carboxylic acids is 1. The van der Waals surface area contributed by atoms with E-state index in [2.05, 4.69) is 22.1 Å². The van der Waals surface area contributed by atoms with E-state index >= 15 is 0 Å². The van der Waals surface area contributed by atoms with Gasteiger partial charge in [-0.25, -0.2) is 9.78 Å². The van der Waals surface area contributed by atoms with Crippen LogP contribution in [0.4, 0.5) is 0 Å². The molecule has 12 heteroatoms. The van der Waals surface area contributed by atoms with Gasteiger partial charge in [0.25, 0.3) is 0 Å². The molecule has 3 N–H and O–H groups in total. The van der Waals surface area contributed by atoms with Crippen LogP contribution in [0.15, 0.2) is 97.2 Å². The number of carbonyl (C=O) groups is 3. The van der Waals surface area contributed by atoms with Crippen LogP contribution < -0.4 is 20.1 Å². The lowest BCUT2D eigenvalue weighted by Crippen LogP contribution is -2.32. The lowest BCUT2D eigenvalue weighted by molar-refractivity contribution is -0.123. The molecule has 0 unspecified atom stereocenters. The summed E-state index contributed by atoms with van der Waals surface area (Å²) in [5.74, 6) is 1.18. The summed E-state index contributed by atoms with van der Waals surface area (Å²) >= 11 is 12.8. The Morgan fingerprint density at radius 2 is 1.47 bits per heavy atom. The Morgan fingerprint density at radius 3 is 2.11 bits per heavy atom. The first-order valence-corrected chi connectivity index (χ1v) is 18.2. The van der Waals surface area contributed by atoms with Gasteiger partial charge in [0.15, 0.2) is 0 Å². The van der Waals surface area contributed by atoms with Gasteiger partial charge in [-0.3, -0.25) is 9.59 Å². The first-order chi connectivity index (χ1) is 25.6. The number of imidazole rings is 1. The molecule has 276 valence electrons. The van der Waals surface area contributed by atoms with E-state index in [4.69, 9.17) is 37.7 Å². The third-order valence-electron chi connectivity index (χ3n) is 8.57. The maximum Gasteiger partial charge on any atom is 0.335 e. The lowest BCUT2D eigenvalue weighted by atomic mass is 10.0. The minimum absolute atomic E-state index is 0.134. The van der Waals surface area contributed by atoms with E-state index in [-0.39, 0.29) is 30.2 Å². The molecular formula is C41H42Cl2N4O6. The number of hydrogen-bond acceptors (Lipinski definition) is 6. The molecule has 1 aromatic heterocycles. The van der Waals surface area contributed by atoms with Crippen molar-refractivity contribution in [1.82, 2.24) is 20.2 Å². The van der Waals surface area contributed by atoms with Gasteiger partial charge in [-0.1, -0.05) is 60.8 Å². The maximum atomic E-state index is 13.5. The van der Waals surface area contributed by atoms with Crippen molar-refractivity contribution in [3.05, 3.63) is 130 Å². The molecule has 0 spiro atoms. The first kappa shape index (κ1) is 38.9. The average molecular weight is 758 g/mol. The number of aryl methyl sites for hydroxylation is 1. The van der Waals surface area contributed by atoms with E-state index in [1.807, 2.05) is 60.8 Å². The highest BCUT2D eigenvalue weighted by molar-refractivity contribution is 6.36. The van der Waals surface area contributed by atoms with Gasteiger partial charge in [0.1, 0.15) is 23.1 Å². The van der Waals surface area contributed by atoms with E-state index in [0.717, 1.165) is 35.3 Å². The van der Waals surface area contributed by atoms with E-state index in [1.54, 1.807) is 31.4 Å². The third kappa shape index (κ3) is 11.3. The molecule has 5 aromatic rings. The van der Waals surface area contributed by atoms with Crippen molar-refractivity contribution in [3.8, 4) is 28.5 Å². The summed E-state index contributed by atoms with van der Waals surface area (Å²) in [6.45, 7) is 3.20. The molecule has 0 aliphatic rings. The molecule has 53 heavy (non-hydrogen) atoms. The van der Waals surface area contributed by atoms with Gasteiger partial charge >= 0.3 is 5.97 Å². The summed E-state index contributed by atoms with van der Waals surface area (Å²) in [6, 6.07) is 25.9. The Bertz CT molecular complexity index is 2000. The van der Waals surface area contributed by atoms with Crippen molar-refractivity contribution in [2.45, 2.75) is 64.6 Å². The van der Waals surface area contributed by atoms with Crippen LogP contribution in [0, 0.1) is 0 Å². The zero-order valence-corrected chi connectivity index (χ0v) is 31.1. The van der Waals surface area contributed by atoms with E-state index in [9.17, 15) is 19.5 Å². The molecule has 10 nitrogen and oxygen atoms in total.